The predicted molar refractivity (Wildman–Crippen MR) is 45.7 cm³/mol. The van der Waals surface area contributed by atoms with Gasteiger partial charge in [-0.05, 0) is 12.1 Å². The number of pyridine rings is 1. The molecule has 0 fully saturated rings. The SMILES string of the molecule is CN1NC(O)c2ccc(Cl)nc21. The van der Waals surface area contributed by atoms with Crippen molar-refractivity contribution in [2.45, 2.75) is 6.23 Å². The van der Waals surface area contributed by atoms with Crippen molar-refractivity contribution < 1.29 is 5.11 Å². The van der Waals surface area contributed by atoms with Crippen molar-refractivity contribution in [2.24, 2.45) is 0 Å². The number of fused-ring (bicyclic) bond motifs is 1. The van der Waals surface area contributed by atoms with E-state index < -0.39 is 6.23 Å². The van der Waals surface area contributed by atoms with Gasteiger partial charge in [0.25, 0.3) is 0 Å². The summed E-state index contributed by atoms with van der Waals surface area (Å²) in [7, 11) is 1.78. The molecule has 0 saturated heterocycles. The van der Waals surface area contributed by atoms with Gasteiger partial charge in [-0.25, -0.2) is 10.4 Å². The molecular formula is C7H8ClN3O. The molecule has 0 bridgehead atoms. The topological polar surface area (TPSA) is 48.4 Å². The summed E-state index contributed by atoms with van der Waals surface area (Å²) in [6.07, 6.45) is -0.672. The fraction of sp³-hybridized carbons (Fsp3) is 0.286. The third kappa shape index (κ3) is 1.04. The number of halogens is 1. The van der Waals surface area contributed by atoms with Crippen LogP contribution >= 0.6 is 11.6 Å². The first-order valence-electron chi connectivity index (χ1n) is 3.53. The van der Waals surface area contributed by atoms with Crippen molar-refractivity contribution in [3.63, 3.8) is 0 Å². The Hall–Kier alpha value is -0.840. The highest BCUT2D eigenvalue weighted by atomic mass is 35.5. The zero-order chi connectivity index (χ0) is 8.72. The molecule has 0 aromatic carbocycles. The lowest BCUT2D eigenvalue weighted by Crippen LogP contribution is -2.30. The molecule has 2 rings (SSSR count). The molecule has 5 heteroatoms. The molecule has 1 unspecified atom stereocenters. The van der Waals surface area contributed by atoms with Crippen LogP contribution in [-0.2, 0) is 0 Å². The molecule has 0 amide bonds. The Labute approximate surface area is 74.8 Å². The van der Waals surface area contributed by atoms with E-state index in [1.54, 1.807) is 24.2 Å². The number of nitrogens with one attached hydrogen (secondary N) is 1. The van der Waals surface area contributed by atoms with E-state index in [0.717, 1.165) is 5.56 Å². The summed E-state index contributed by atoms with van der Waals surface area (Å²) in [5.74, 6) is 0.676. The standard InChI is InChI=1S/C7H8ClN3O/c1-11-6-4(7(12)10-11)2-3-5(8)9-6/h2-3,7,10,12H,1H3. The third-order valence-electron chi connectivity index (χ3n) is 1.80. The molecule has 12 heavy (non-hydrogen) atoms. The van der Waals surface area contributed by atoms with Crippen molar-refractivity contribution in [1.82, 2.24) is 10.4 Å². The van der Waals surface area contributed by atoms with Crippen LogP contribution in [0.3, 0.4) is 0 Å². The highest BCUT2D eigenvalue weighted by Crippen LogP contribution is 2.28. The summed E-state index contributed by atoms with van der Waals surface area (Å²) in [5.41, 5.74) is 3.53. The van der Waals surface area contributed by atoms with E-state index in [1.165, 1.54) is 0 Å². The van der Waals surface area contributed by atoms with E-state index in [2.05, 4.69) is 10.4 Å². The van der Waals surface area contributed by atoms with E-state index in [4.69, 9.17) is 11.6 Å². The minimum absolute atomic E-state index is 0.427. The number of hydrogen-bond donors (Lipinski definition) is 2. The van der Waals surface area contributed by atoms with Crippen molar-refractivity contribution >= 4 is 17.4 Å². The Morgan fingerprint density at radius 1 is 1.67 bits per heavy atom. The summed E-state index contributed by atoms with van der Waals surface area (Å²) in [5, 5.41) is 11.5. The largest absolute Gasteiger partial charge is 0.372 e. The first kappa shape index (κ1) is 7.79. The quantitative estimate of drug-likeness (QED) is 0.584. The van der Waals surface area contributed by atoms with Crippen LogP contribution in [0, 0.1) is 0 Å². The lowest BCUT2D eigenvalue weighted by Gasteiger charge is -2.10. The van der Waals surface area contributed by atoms with Gasteiger partial charge in [0, 0.05) is 12.6 Å². The van der Waals surface area contributed by atoms with Gasteiger partial charge in [-0.2, -0.15) is 0 Å². The van der Waals surface area contributed by atoms with Crippen LogP contribution in [0.15, 0.2) is 12.1 Å². The predicted octanol–water partition coefficient (Wildman–Crippen LogP) is 0.680. The molecule has 1 aliphatic rings. The molecule has 0 radical (unpaired) electrons. The summed E-state index contributed by atoms with van der Waals surface area (Å²) in [6, 6.07) is 3.41. The second-order valence-corrected chi connectivity index (χ2v) is 3.02. The Morgan fingerprint density at radius 2 is 2.42 bits per heavy atom. The average molecular weight is 186 g/mol. The molecule has 0 spiro atoms. The fourth-order valence-electron chi connectivity index (χ4n) is 1.23. The highest BCUT2D eigenvalue weighted by Gasteiger charge is 2.24. The Bertz CT molecular complexity index is 318. The summed E-state index contributed by atoms with van der Waals surface area (Å²) in [4.78, 5) is 4.05. The molecule has 2 N–H and O–H groups in total. The number of nitrogens with zero attached hydrogens (tertiary/aromatic N) is 2. The van der Waals surface area contributed by atoms with Gasteiger partial charge in [-0.3, -0.25) is 5.01 Å². The minimum Gasteiger partial charge on any atom is -0.372 e. The van der Waals surface area contributed by atoms with Crippen LogP contribution in [0.1, 0.15) is 11.8 Å². The Kier molecular flexibility index (Phi) is 1.68. The number of anilines is 1. The number of rotatable bonds is 0. The maximum absolute atomic E-state index is 9.41. The molecular weight excluding hydrogens is 178 g/mol. The molecule has 2 heterocycles. The molecule has 1 aliphatic heterocycles. The maximum Gasteiger partial charge on any atom is 0.151 e. The molecule has 0 aliphatic carbocycles. The number of aromatic nitrogens is 1. The van der Waals surface area contributed by atoms with Crippen molar-refractivity contribution in [2.75, 3.05) is 12.1 Å². The fourth-order valence-corrected chi connectivity index (χ4v) is 1.38. The van der Waals surface area contributed by atoms with Gasteiger partial charge in [-0.15, -0.1) is 0 Å². The molecule has 64 valence electrons. The normalized spacial score (nSPS) is 21.2. The molecule has 4 nitrogen and oxygen atoms in total. The summed E-state index contributed by atoms with van der Waals surface area (Å²) >= 11 is 5.69. The third-order valence-corrected chi connectivity index (χ3v) is 2.01. The van der Waals surface area contributed by atoms with Crippen LogP contribution in [0.4, 0.5) is 5.82 Å². The summed E-state index contributed by atoms with van der Waals surface area (Å²) in [6.45, 7) is 0. The van der Waals surface area contributed by atoms with Crippen LogP contribution in [0.5, 0.6) is 0 Å². The zero-order valence-corrected chi connectivity index (χ0v) is 7.21. The lowest BCUT2D eigenvalue weighted by molar-refractivity contribution is 0.150. The Balaban J connectivity index is 2.53. The number of aliphatic hydroxyl groups excluding tert-OH is 1. The molecule has 1 aromatic heterocycles. The maximum atomic E-state index is 9.41. The van der Waals surface area contributed by atoms with Crippen LogP contribution in [0.25, 0.3) is 0 Å². The zero-order valence-electron chi connectivity index (χ0n) is 6.45. The second-order valence-electron chi connectivity index (χ2n) is 2.64. The van der Waals surface area contributed by atoms with E-state index in [0.29, 0.717) is 11.0 Å². The highest BCUT2D eigenvalue weighted by molar-refractivity contribution is 6.29. The number of aliphatic hydroxyl groups is 1. The average Bonchev–Trinajstić information content (AvgIpc) is 2.28. The Morgan fingerprint density at radius 3 is 3.17 bits per heavy atom. The monoisotopic (exact) mass is 185 g/mol. The van der Waals surface area contributed by atoms with Gasteiger partial charge < -0.3 is 5.11 Å². The minimum atomic E-state index is -0.672. The summed E-state index contributed by atoms with van der Waals surface area (Å²) < 4.78 is 0. The number of hydrazine groups is 1. The van der Waals surface area contributed by atoms with Gasteiger partial charge in [0.2, 0.25) is 0 Å². The van der Waals surface area contributed by atoms with Crippen LogP contribution < -0.4 is 10.4 Å². The van der Waals surface area contributed by atoms with Gasteiger partial charge in [-0.1, -0.05) is 11.6 Å². The van der Waals surface area contributed by atoms with Crippen molar-refractivity contribution in [3.8, 4) is 0 Å². The van der Waals surface area contributed by atoms with Gasteiger partial charge in [0.05, 0.1) is 0 Å². The second kappa shape index (κ2) is 2.58. The van der Waals surface area contributed by atoms with Gasteiger partial charge >= 0.3 is 0 Å². The van der Waals surface area contributed by atoms with Gasteiger partial charge in [0.15, 0.2) is 12.0 Å². The first-order valence-corrected chi connectivity index (χ1v) is 3.90. The lowest BCUT2D eigenvalue weighted by atomic mass is 10.2. The number of hydrogen-bond acceptors (Lipinski definition) is 4. The first-order chi connectivity index (χ1) is 5.68. The van der Waals surface area contributed by atoms with E-state index in [9.17, 15) is 5.11 Å². The molecule has 0 saturated carbocycles. The van der Waals surface area contributed by atoms with Crippen molar-refractivity contribution in [3.05, 3.63) is 22.8 Å². The molecule has 1 aromatic rings. The van der Waals surface area contributed by atoms with E-state index in [1.807, 2.05) is 0 Å². The molecule has 1 atom stereocenters. The van der Waals surface area contributed by atoms with E-state index >= 15 is 0 Å². The van der Waals surface area contributed by atoms with E-state index in [-0.39, 0.29) is 0 Å². The van der Waals surface area contributed by atoms with Gasteiger partial charge in [0.1, 0.15) is 5.15 Å². The van der Waals surface area contributed by atoms with Crippen molar-refractivity contribution in [1.29, 1.82) is 0 Å². The van der Waals surface area contributed by atoms with Crippen LogP contribution in [0.2, 0.25) is 5.15 Å². The van der Waals surface area contributed by atoms with Crippen LogP contribution in [-0.4, -0.2) is 17.1 Å². The smallest absolute Gasteiger partial charge is 0.151 e.